The van der Waals surface area contributed by atoms with Crippen molar-refractivity contribution in [1.29, 1.82) is 0 Å². The fourth-order valence-electron chi connectivity index (χ4n) is 2.39. The van der Waals surface area contributed by atoms with Crippen LogP contribution in [0.25, 0.3) is 11.4 Å². The Kier molecular flexibility index (Phi) is 5.17. The molecule has 4 nitrogen and oxygen atoms in total. The lowest BCUT2D eigenvalue weighted by atomic mass is 10.0. The first kappa shape index (κ1) is 16.2. The second kappa shape index (κ2) is 6.71. The van der Waals surface area contributed by atoms with Crippen molar-refractivity contribution in [2.24, 2.45) is 5.92 Å². The number of aromatic nitrogens is 2. The summed E-state index contributed by atoms with van der Waals surface area (Å²) in [5, 5.41) is 7.41. The Morgan fingerprint density at radius 2 is 1.86 bits per heavy atom. The molecule has 1 heterocycles. The van der Waals surface area contributed by atoms with Gasteiger partial charge in [-0.1, -0.05) is 34.9 Å². The van der Waals surface area contributed by atoms with E-state index in [0.717, 1.165) is 16.5 Å². The standard InChI is InChI=1S/C16H22BrN3O/c1-9(2)13(18-5)8-14-19-16(20-21-14)12-6-10(3)15(17)11(4)7-12/h6-7,9,13,18H,8H2,1-5H3. The first-order valence-corrected chi connectivity index (χ1v) is 7.98. The number of hydrogen-bond acceptors (Lipinski definition) is 4. The van der Waals surface area contributed by atoms with Crippen molar-refractivity contribution in [2.75, 3.05) is 7.05 Å². The zero-order valence-corrected chi connectivity index (χ0v) is 14.8. The predicted molar refractivity (Wildman–Crippen MR) is 88.3 cm³/mol. The van der Waals surface area contributed by atoms with Crippen molar-refractivity contribution in [3.63, 3.8) is 0 Å². The normalized spacial score (nSPS) is 12.9. The van der Waals surface area contributed by atoms with Crippen LogP contribution in [0, 0.1) is 19.8 Å². The van der Waals surface area contributed by atoms with E-state index in [1.165, 1.54) is 11.1 Å². The molecule has 0 aliphatic carbocycles. The van der Waals surface area contributed by atoms with Crippen molar-refractivity contribution in [3.8, 4) is 11.4 Å². The summed E-state index contributed by atoms with van der Waals surface area (Å²) >= 11 is 3.58. The fourth-order valence-corrected chi connectivity index (χ4v) is 2.62. The molecule has 21 heavy (non-hydrogen) atoms. The summed E-state index contributed by atoms with van der Waals surface area (Å²) in [4.78, 5) is 4.53. The Morgan fingerprint density at radius 3 is 2.38 bits per heavy atom. The molecule has 0 spiro atoms. The molecule has 5 heteroatoms. The topological polar surface area (TPSA) is 51.0 Å². The number of hydrogen-bond donors (Lipinski definition) is 1. The molecule has 2 aromatic rings. The Bertz CT molecular complexity index is 599. The first-order chi connectivity index (χ1) is 9.92. The van der Waals surface area contributed by atoms with E-state index in [2.05, 4.69) is 71.2 Å². The minimum atomic E-state index is 0.340. The molecular weight excluding hydrogens is 330 g/mol. The largest absolute Gasteiger partial charge is 0.339 e. The summed E-state index contributed by atoms with van der Waals surface area (Å²) in [6.07, 6.45) is 0.746. The Labute approximate surface area is 134 Å². The van der Waals surface area contributed by atoms with Gasteiger partial charge in [-0.05, 0) is 50.1 Å². The van der Waals surface area contributed by atoms with Crippen LogP contribution in [0.2, 0.25) is 0 Å². The zero-order chi connectivity index (χ0) is 15.6. The minimum absolute atomic E-state index is 0.340. The molecule has 0 radical (unpaired) electrons. The molecule has 0 amide bonds. The van der Waals surface area contributed by atoms with E-state index < -0.39 is 0 Å². The summed E-state index contributed by atoms with van der Waals surface area (Å²) in [6, 6.07) is 4.49. The van der Waals surface area contributed by atoms with Crippen LogP contribution in [0.15, 0.2) is 21.1 Å². The van der Waals surface area contributed by atoms with E-state index in [9.17, 15) is 0 Å². The molecular formula is C16H22BrN3O. The summed E-state index contributed by atoms with van der Waals surface area (Å²) in [5.41, 5.74) is 3.34. The van der Waals surface area contributed by atoms with E-state index >= 15 is 0 Å². The van der Waals surface area contributed by atoms with E-state index in [1.807, 2.05) is 7.05 Å². The van der Waals surface area contributed by atoms with Gasteiger partial charge in [0.2, 0.25) is 11.7 Å². The fraction of sp³-hybridized carbons (Fsp3) is 0.500. The molecule has 114 valence electrons. The summed E-state index contributed by atoms with van der Waals surface area (Å²) < 4.78 is 6.53. The van der Waals surface area contributed by atoms with Gasteiger partial charge in [0.25, 0.3) is 0 Å². The Morgan fingerprint density at radius 1 is 1.24 bits per heavy atom. The molecule has 2 rings (SSSR count). The van der Waals surface area contributed by atoms with E-state index in [0.29, 0.717) is 23.7 Å². The minimum Gasteiger partial charge on any atom is -0.339 e. The summed E-state index contributed by atoms with van der Waals surface area (Å²) in [7, 11) is 1.96. The van der Waals surface area contributed by atoms with E-state index in [1.54, 1.807) is 0 Å². The second-order valence-corrected chi connectivity index (χ2v) is 6.57. The van der Waals surface area contributed by atoms with Crippen LogP contribution in [0.4, 0.5) is 0 Å². The molecule has 0 saturated heterocycles. The van der Waals surface area contributed by atoms with Crippen molar-refractivity contribution >= 4 is 15.9 Å². The van der Waals surface area contributed by atoms with Crippen LogP contribution in [0.1, 0.15) is 30.9 Å². The van der Waals surface area contributed by atoms with Crippen molar-refractivity contribution in [1.82, 2.24) is 15.5 Å². The zero-order valence-electron chi connectivity index (χ0n) is 13.2. The molecule has 1 atom stereocenters. The Balaban J connectivity index is 2.24. The smallest absolute Gasteiger partial charge is 0.228 e. The van der Waals surface area contributed by atoms with Gasteiger partial charge >= 0.3 is 0 Å². The summed E-state index contributed by atoms with van der Waals surface area (Å²) in [5.74, 6) is 1.85. The maximum Gasteiger partial charge on any atom is 0.228 e. The molecule has 1 N–H and O–H groups in total. The third-order valence-electron chi connectivity index (χ3n) is 3.73. The van der Waals surface area contributed by atoms with Crippen molar-refractivity contribution < 1.29 is 4.52 Å². The van der Waals surface area contributed by atoms with Gasteiger partial charge in [-0.25, -0.2) is 0 Å². The van der Waals surface area contributed by atoms with Gasteiger partial charge in [0.1, 0.15) is 0 Å². The summed E-state index contributed by atoms with van der Waals surface area (Å²) in [6.45, 7) is 8.49. The van der Waals surface area contributed by atoms with Gasteiger partial charge in [0.15, 0.2) is 0 Å². The highest BCUT2D eigenvalue weighted by Gasteiger charge is 2.17. The van der Waals surface area contributed by atoms with Crippen LogP contribution in [-0.2, 0) is 6.42 Å². The number of rotatable bonds is 5. The number of benzene rings is 1. The molecule has 0 fully saturated rings. The highest BCUT2D eigenvalue weighted by molar-refractivity contribution is 9.10. The predicted octanol–water partition coefficient (Wildman–Crippen LogP) is 3.90. The van der Waals surface area contributed by atoms with Crippen LogP contribution in [0.5, 0.6) is 0 Å². The van der Waals surface area contributed by atoms with Crippen LogP contribution in [0.3, 0.4) is 0 Å². The molecule has 0 aliphatic heterocycles. The highest BCUT2D eigenvalue weighted by Crippen LogP contribution is 2.27. The van der Waals surface area contributed by atoms with Crippen LogP contribution >= 0.6 is 15.9 Å². The lowest BCUT2D eigenvalue weighted by Crippen LogP contribution is -2.32. The SMILES string of the molecule is CNC(Cc1nc(-c2cc(C)c(Br)c(C)c2)no1)C(C)C. The average molecular weight is 352 g/mol. The Hall–Kier alpha value is -1.20. The van der Waals surface area contributed by atoms with Gasteiger partial charge in [-0.3, -0.25) is 0 Å². The van der Waals surface area contributed by atoms with Crippen molar-refractivity contribution in [3.05, 3.63) is 33.6 Å². The lowest BCUT2D eigenvalue weighted by molar-refractivity contribution is 0.335. The van der Waals surface area contributed by atoms with Gasteiger partial charge in [-0.2, -0.15) is 4.98 Å². The maximum absolute atomic E-state index is 5.40. The molecule has 1 unspecified atom stereocenters. The molecule has 0 aliphatic rings. The van der Waals surface area contributed by atoms with Gasteiger partial charge in [0, 0.05) is 22.5 Å². The first-order valence-electron chi connectivity index (χ1n) is 7.19. The van der Waals surface area contributed by atoms with E-state index in [4.69, 9.17) is 4.52 Å². The average Bonchev–Trinajstić information content (AvgIpc) is 2.89. The number of likely N-dealkylation sites (N-methyl/N-ethyl adjacent to an activating group) is 1. The third kappa shape index (κ3) is 3.71. The number of halogens is 1. The monoisotopic (exact) mass is 351 g/mol. The van der Waals surface area contributed by atoms with Gasteiger partial charge < -0.3 is 9.84 Å². The second-order valence-electron chi connectivity index (χ2n) is 5.78. The maximum atomic E-state index is 5.40. The molecule has 0 bridgehead atoms. The van der Waals surface area contributed by atoms with Gasteiger partial charge in [-0.15, -0.1) is 0 Å². The van der Waals surface area contributed by atoms with E-state index in [-0.39, 0.29) is 0 Å². The molecule has 0 saturated carbocycles. The highest BCUT2D eigenvalue weighted by atomic mass is 79.9. The third-order valence-corrected chi connectivity index (χ3v) is 4.98. The van der Waals surface area contributed by atoms with Crippen LogP contribution < -0.4 is 5.32 Å². The van der Waals surface area contributed by atoms with Crippen molar-refractivity contribution in [2.45, 2.75) is 40.2 Å². The van der Waals surface area contributed by atoms with Crippen LogP contribution in [-0.4, -0.2) is 23.2 Å². The van der Waals surface area contributed by atoms with Gasteiger partial charge in [0.05, 0.1) is 0 Å². The molecule has 1 aromatic carbocycles. The number of nitrogens with zero attached hydrogens (tertiary/aromatic N) is 2. The quantitative estimate of drug-likeness (QED) is 0.887. The molecule has 1 aromatic heterocycles. The number of nitrogens with one attached hydrogen (secondary N) is 1. The number of aryl methyl sites for hydroxylation is 2. The lowest BCUT2D eigenvalue weighted by Gasteiger charge is -2.17.